The van der Waals surface area contributed by atoms with Crippen LogP contribution in [0, 0.1) is 5.82 Å². The number of rotatable bonds is 10. The van der Waals surface area contributed by atoms with Gasteiger partial charge in [0.05, 0.1) is 12.5 Å². The highest BCUT2D eigenvalue weighted by atomic mass is 28.4. The molecule has 37 heavy (non-hydrogen) atoms. The Balaban J connectivity index is 1.97. The van der Waals surface area contributed by atoms with Gasteiger partial charge in [0, 0.05) is 28.6 Å². The van der Waals surface area contributed by atoms with E-state index in [4.69, 9.17) is 4.43 Å². The van der Waals surface area contributed by atoms with Crippen molar-refractivity contribution in [3.8, 4) is 11.1 Å². The Labute approximate surface area is 219 Å². The second kappa shape index (κ2) is 11.2. The van der Waals surface area contributed by atoms with Crippen LogP contribution in [-0.2, 0) is 14.0 Å². The molecule has 2 aromatic carbocycles. The van der Waals surface area contributed by atoms with Crippen LogP contribution < -0.4 is 0 Å². The van der Waals surface area contributed by atoms with Crippen molar-refractivity contribution in [1.29, 1.82) is 0 Å². The lowest BCUT2D eigenvalue weighted by Gasteiger charge is -2.38. The summed E-state index contributed by atoms with van der Waals surface area (Å²) in [5.74, 6) is -1.25. The third kappa shape index (κ3) is 6.84. The number of carbonyl (C=O) groups is 2. The molecule has 1 unspecified atom stereocenters. The average Bonchev–Trinajstić information content (AvgIpc) is 3.15. The molecular formula is C30H38FNO4Si. The molecule has 1 aromatic heterocycles. The number of aliphatic carboxylic acids is 1. The Kier molecular flexibility index (Phi) is 8.60. The molecule has 0 saturated heterocycles. The van der Waals surface area contributed by atoms with Gasteiger partial charge in [-0.2, -0.15) is 0 Å². The van der Waals surface area contributed by atoms with Crippen molar-refractivity contribution in [2.45, 2.75) is 77.6 Å². The maximum Gasteiger partial charge on any atom is 0.305 e. The Morgan fingerprint density at radius 2 is 1.73 bits per heavy atom. The molecule has 198 valence electrons. The van der Waals surface area contributed by atoms with Crippen LogP contribution in [0.15, 0.2) is 48.5 Å². The van der Waals surface area contributed by atoms with Crippen molar-refractivity contribution in [3.05, 3.63) is 65.6 Å². The summed E-state index contributed by atoms with van der Waals surface area (Å²) >= 11 is 0. The smallest absolute Gasteiger partial charge is 0.305 e. The minimum absolute atomic E-state index is 0.0152. The molecule has 2 N–H and O–H groups in total. The Morgan fingerprint density at radius 3 is 2.30 bits per heavy atom. The molecule has 5 nitrogen and oxygen atoms in total. The monoisotopic (exact) mass is 523 g/mol. The van der Waals surface area contributed by atoms with Crippen LogP contribution in [0.25, 0.3) is 28.1 Å². The first-order valence-corrected chi connectivity index (χ1v) is 15.6. The molecule has 0 radical (unpaired) electrons. The Bertz CT molecular complexity index is 1300. The van der Waals surface area contributed by atoms with E-state index in [2.05, 4.69) is 45.7 Å². The van der Waals surface area contributed by atoms with Gasteiger partial charge >= 0.3 is 5.97 Å². The lowest BCUT2D eigenvalue weighted by atomic mass is 9.93. The highest BCUT2D eigenvalue weighted by Gasteiger charge is 2.39. The molecule has 0 aliphatic rings. The number of aromatic nitrogens is 1. The summed E-state index contributed by atoms with van der Waals surface area (Å²) in [6.07, 6.45) is 2.28. The van der Waals surface area contributed by atoms with E-state index in [1.54, 1.807) is 18.2 Å². The van der Waals surface area contributed by atoms with Crippen molar-refractivity contribution in [2.75, 3.05) is 0 Å². The zero-order chi connectivity index (χ0) is 27.5. The molecule has 0 amide bonds. The lowest BCUT2D eigenvalue weighted by molar-refractivity contribution is -0.139. The van der Waals surface area contributed by atoms with E-state index in [0.717, 1.165) is 33.3 Å². The van der Waals surface area contributed by atoms with Crippen molar-refractivity contribution < 1.29 is 23.5 Å². The van der Waals surface area contributed by atoms with Crippen LogP contribution in [-0.4, -0.2) is 36.3 Å². The van der Waals surface area contributed by atoms with Crippen LogP contribution in [0.3, 0.4) is 0 Å². The predicted molar refractivity (Wildman–Crippen MR) is 151 cm³/mol. The molecule has 1 atom stereocenters. The number of fused-ring (bicyclic) bond motifs is 1. The van der Waals surface area contributed by atoms with Crippen molar-refractivity contribution in [3.63, 3.8) is 0 Å². The van der Waals surface area contributed by atoms with Gasteiger partial charge in [0.15, 0.2) is 14.1 Å². The number of H-pyrrole nitrogens is 1. The van der Waals surface area contributed by atoms with Gasteiger partial charge in [0.2, 0.25) is 0 Å². The lowest BCUT2D eigenvalue weighted by Crippen LogP contribution is -2.44. The number of benzene rings is 2. The van der Waals surface area contributed by atoms with E-state index in [1.165, 1.54) is 18.2 Å². The SMILES string of the molecule is CC(C)c1cccc2[nH]c(/C=C/C(=O)CC(CC(=O)O)O[Si](C)(C)C(C)(C)C)c(-c3ccc(F)cc3)c12. The van der Waals surface area contributed by atoms with Crippen molar-refractivity contribution >= 4 is 37.0 Å². The number of halogens is 1. The zero-order valence-corrected chi connectivity index (χ0v) is 23.8. The van der Waals surface area contributed by atoms with E-state index in [1.807, 2.05) is 25.2 Å². The molecule has 0 spiro atoms. The number of carboxylic acids is 1. The average molecular weight is 524 g/mol. The number of hydrogen-bond acceptors (Lipinski definition) is 3. The summed E-state index contributed by atoms with van der Waals surface area (Å²) in [6.45, 7) is 14.6. The van der Waals surface area contributed by atoms with Gasteiger partial charge < -0.3 is 14.5 Å². The summed E-state index contributed by atoms with van der Waals surface area (Å²) < 4.78 is 20.0. The third-order valence-electron chi connectivity index (χ3n) is 7.17. The summed E-state index contributed by atoms with van der Waals surface area (Å²) in [7, 11) is -2.26. The fourth-order valence-electron chi connectivity index (χ4n) is 4.23. The van der Waals surface area contributed by atoms with Crippen molar-refractivity contribution in [1.82, 2.24) is 4.98 Å². The van der Waals surface area contributed by atoms with Crippen molar-refractivity contribution in [2.24, 2.45) is 0 Å². The molecule has 1 heterocycles. The number of nitrogens with one attached hydrogen (secondary N) is 1. The van der Waals surface area contributed by atoms with Gasteiger partial charge in [-0.1, -0.05) is 58.9 Å². The Hall–Kier alpha value is -3.03. The first kappa shape index (κ1) is 28.5. The molecule has 0 fully saturated rings. The maximum atomic E-state index is 13.7. The second-order valence-corrected chi connectivity index (χ2v) is 16.2. The molecular weight excluding hydrogens is 485 g/mol. The van der Waals surface area contributed by atoms with Crippen LogP contribution in [0.2, 0.25) is 18.1 Å². The van der Waals surface area contributed by atoms with E-state index in [0.29, 0.717) is 0 Å². The largest absolute Gasteiger partial charge is 0.481 e. The molecule has 0 saturated carbocycles. The summed E-state index contributed by atoms with van der Waals surface area (Å²) in [5.41, 5.74) is 4.58. The van der Waals surface area contributed by atoms with E-state index in [9.17, 15) is 19.1 Å². The minimum Gasteiger partial charge on any atom is -0.481 e. The van der Waals surface area contributed by atoms with Gasteiger partial charge in [-0.05, 0) is 65.5 Å². The van der Waals surface area contributed by atoms with E-state index in [-0.39, 0.29) is 35.4 Å². The van der Waals surface area contributed by atoms with Gasteiger partial charge in [0.25, 0.3) is 0 Å². The van der Waals surface area contributed by atoms with Crippen LogP contribution in [0.5, 0.6) is 0 Å². The standard InChI is InChI=1S/C30H38FNO4Si/c1-19(2)24-9-8-10-25-29(24)28(20-11-13-21(31)14-12-20)26(32-25)16-15-22(33)17-23(18-27(34)35)36-37(6,7)30(3,4)5/h8-16,19,23,32H,17-18H2,1-7H3,(H,34,35)/b16-15+. The fourth-order valence-corrected chi connectivity index (χ4v) is 5.58. The highest BCUT2D eigenvalue weighted by molar-refractivity contribution is 6.74. The number of allylic oxidation sites excluding steroid dienone is 1. The van der Waals surface area contributed by atoms with E-state index < -0.39 is 20.4 Å². The maximum absolute atomic E-state index is 13.7. The summed E-state index contributed by atoms with van der Waals surface area (Å²) in [5, 5.41) is 10.3. The Morgan fingerprint density at radius 1 is 1.08 bits per heavy atom. The fraction of sp³-hybridized carbons (Fsp3) is 0.400. The van der Waals surface area contributed by atoms with Gasteiger partial charge in [0.1, 0.15) is 5.82 Å². The number of carbonyl (C=O) groups excluding carboxylic acids is 1. The topological polar surface area (TPSA) is 79.4 Å². The summed E-state index contributed by atoms with van der Waals surface area (Å²) in [4.78, 5) is 27.9. The first-order chi connectivity index (χ1) is 17.2. The molecule has 0 aliphatic heterocycles. The first-order valence-electron chi connectivity index (χ1n) is 12.7. The van der Waals surface area contributed by atoms with Crippen LogP contribution >= 0.6 is 0 Å². The molecule has 7 heteroatoms. The van der Waals surface area contributed by atoms with Gasteiger partial charge in [-0.3, -0.25) is 9.59 Å². The highest BCUT2D eigenvalue weighted by Crippen LogP contribution is 2.39. The van der Waals surface area contributed by atoms with Crippen LogP contribution in [0.1, 0.15) is 64.6 Å². The summed E-state index contributed by atoms with van der Waals surface area (Å²) in [6, 6.07) is 12.4. The van der Waals surface area contributed by atoms with E-state index >= 15 is 0 Å². The predicted octanol–water partition coefficient (Wildman–Crippen LogP) is 7.93. The molecule has 3 rings (SSSR count). The quantitative estimate of drug-likeness (QED) is 0.209. The molecule has 0 bridgehead atoms. The third-order valence-corrected chi connectivity index (χ3v) is 11.7. The van der Waals surface area contributed by atoms with Gasteiger partial charge in [-0.25, -0.2) is 4.39 Å². The number of hydrogen-bond donors (Lipinski definition) is 2. The number of ketones is 1. The second-order valence-electron chi connectivity index (χ2n) is 11.4. The number of aromatic amines is 1. The van der Waals surface area contributed by atoms with Gasteiger partial charge in [-0.15, -0.1) is 0 Å². The molecule has 3 aromatic rings. The minimum atomic E-state index is -2.26. The molecule has 0 aliphatic carbocycles. The zero-order valence-electron chi connectivity index (χ0n) is 22.8. The normalized spacial score (nSPS) is 13.5. The number of carboxylic acid groups (broad SMARTS) is 1. The van der Waals surface area contributed by atoms with Crippen LogP contribution in [0.4, 0.5) is 4.39 Å².